The molecule has 0 radical (unpaired) electrons. The Hall–Kier alpha value is -1.85. The van der Waals surface area contributed by atoms with E-state index in [0.29, 0.717) is 12.1 Å². The van der Waals surface area contributed by atoms with Crippen LogP contribution in [0.4, 0.5) is 0 Å². The molecule has 140 valence electrons. The third-order valence-corrected chi connectivity index (χ3v) is 5.53. The first-order valence-corrected chi connectivity index (χ1v) is 9.25. The summed E-state index contributed by atoms with van der Waals surface area (Å²) >= 11 is 0. The summed E-state index contributed by atoms with van der Waals surface area (Å²) in [5, 5.41) is 7.96. The maximum absolute atomic E-state index is 13.0. The number of fused-ring (bicyclic) bond motifs is 2. The van der Waals surface area contributed by atoms with Gasteiger partial charge in [-0.15, -0.1) is 12.4 Å². The Morgan fingerprint density at radius 1 is 1.15 bits per heavy atom. The number of amides is 1. The average Bonchev–Trinajstić information content (AvgIpc) is 3.04. The highest BCUT2D eigenvalue weighted by molar-refractivity contribution is 5.95. The maximum Gasteiger partial charge on any atom is 0.254 e. The predicted molar refractivity (Wildman–Crippen MR) is 105 cm³/mol. The van der Waals surface area contributed by atoms with Gasteiger partial charge in [0.05, 0.1) is 12.2 Å². The minimum absolute atomic E-state index is 0. The van der Waals surface area contributed by atoms with Gasteiger partial charge in [0.25, 0.3) is 5.91 Å². The van der Waals surface area contributed by atoms with Gasteiger partial charge in [-0.05, 0) is 63.4 Å². The normalized spacial score (nSPS) is 22.0. The van der Waals surface area contributed by atoms with Crippen molar-refractivity contribution in [3.8, 4) is 0 Å². The summed E-state index contributed by atoms with van der Waals surface area (Å²) in [7, 11) is 0. The van der Waals surface area contributed by atoms with Crippen LogP contribution in [0.25, 0.3) is 0 Å². The Bertz CT molecular complexity index is 757. The Balaban J connectivity index is 0.00000196. The molecule has 1 aromatic carbocycles. The van der Waals surface area contributed by atoms with E-state index in [2.05, 4.69) is 40.4 Å². The molecule has 0 spiro atoms. The van der Waals surface area contributed by atoms with Gasteiger partial charge in [-0.1, -0.05) is 12.1 Å². The zero-order valence-corrected chi connectivity index (χ0v) is 16.3. The number of hydrogen-bond acceptors (Lipinski definition) is 3. The van der Waals surface area contributed by atoms with Crippen LogP contribution in [-0.4, -0.2) is 45.8 Å². The molecule has 2 aromatic rings. The number of aryl methyl sites for hydroxylation is 2. The molecule has 1 N–H and O–H groups in total. The molecule has 2 aliphatic rings. The summed E-state index contributed by atoms with van der Waals surface area (Å²) in [6, 6.07) is 10.9. The Kier molecular flexibility index (Phi) is 5.68. The molecule has 1 aromatic heterocycles. The first kappa shape index (κ1) is 18.9. The van der Waals surface area contributed by atoms with E-state index in [4.69, 9.17) is 0 Å². The monoisotopic (exact) mass is 374 g/mol. The molecular formula is C20H27ClN4O. The van der Waals surface area contributed by atoms with Crippen molar-refractivity contribution in [3.63, 3.8) is 0 Å². The molecule has 2 bridgehead atoms. The van der Waals surface area contributed by atoms with E-state index in [1.165, 1.54) is 5.56 Å². The standard InChI is InChI=1S/C20H26N4O.ClH/c1-14-11-15(2)23(22-14)13-16-3-5-17(6-4-16)20(25)24-18-7-8-19(24)12-21-10-9-18;/h3-6,11,18-19,21H,7-10,12-13H2,1-2H3;1H. The van der Waals surface area contributed by atoms with E-state index < -0.39 is 0 Å². The molecule has 2 atom stereocenters. The highest BCUT2D eigenvalue weighted by Gasteiger charge is 2.38. The van der Waals surface area contributed by atoms with Crippen molar-refractivity contribution in [2.75, 3.05) is 13.1 Å². The lowest BCUT2D eigenvalue weighted by atomic mass is 10.1. The second-order valence-electron chi connectivity index (χ2n) is 7.37. The van der Waals surface area contributed by atoms with Crippen LogP contribution in [0, 0.1) is 13.8 Å². The second-order valence-corrected chi connectivity index (χ2v) is 7.37. The maximum atomic E-state index is 13.0. The van der Waals surface area contributed by atoms with Gasteiger partial charge in [0.15, 0.2) is 0 Å². The first-order chi connectivity index (χ1) is 12.1. The molecule has 1 amide bonds. The Labute approximate surface area is 161 Å². The SMILES string of the molecule is Cc1cc(C)n(Cc2ccc(C(=O)N3C4CCNCC3CC4)cc2)n1.Cl. The van der Waals surface area contributed by atoms with Crippen LogP contribution in [0.1, 0.15) is 46.6 Å². The van der Waals surface area contributed by atoms with E-state index in [1.54, 1.807) is 0 Å². The Morgan fingerprint density at radius 3 is 2.58 bits per heavy atom. The zero-order chi connectivity index (χ0) is 17.4. The summed E-state index contributed by atoms with van der Waals surface area (Å²) in [5.74, 6) is 0.189. The van der Waals surface area contributed by atoms with Crippen molar-refractivity contribution in [2.45, 2.75) is 51.7 Å². The fourth-order valence-corrected chi connectivity index (χ4v) is 4.22. The van der Waals surface area contributed by atoms with Crippen molar-refractivity contribution >= 4 is 18.3 Å². The summed E-state index contributed by atoms with van der Waals surface area (Å²) in [5.41, 5.74) is 4.17. The van der Waals surface area contributed by atoms with Gasteiger partial charge in [0.2, 0.25) is 0 Å². The van der Waals surface area contributed by atoms with Gasteiger partial charge < -0.3 is 10.2 Å². The first-order valence-electron chi connectivity index (χ1n) is 9.25. The number of carbonyl (C=O) groups excluding carboxylic acids is 1. The van der Waals surface area contributed by atoms with Crippen molar-refractivity contribution in [1.29, 1.82) is 0 Å². The fourth-order valence-electron chi connectivity index (χ4n) is 4.22. The third-order valence-electron chi connectivity index (χ3n) is 5.53. The van der Waals surface area contributed by atoms with Gasteiger partial charge in [-0.3, -0.25) is 9.48 Å². The van der Waals surface area contributed by atoms with Gasteiger partial charge in [0.1, 0.15) is 0 Å². The van der Waals surface area contributed by atoms with Crippen LogP contribution >= 0.6 is 12.4 Å². The van der Waals surface area contributed by atoms with Crippen LogP contribution in [0.5, 0.6) is 0 Å². The number of rotatable bonds is 3. The highest BCUT2D eigenvalue weighted by Crippen LogP contribution is 2.29. The van der Waals surface area contributed by atoms with E-state index in [-0.39, 0.29) is 18.3 Å². The molecule has 5 nitrogen and oxygen atoms in total. The zero-order valence-electron chi connectivity index (χ0n) is 15.4. The van der Waals surface area contributed by atoms with Crippen LogP contribution in [0.15, 0.2) is 30.3 Å². The largest absolute Gasteiger partial charge is 0.331 e. The molecule has 0 saturated carbocycles. The lowest BCUT2D eigenvalue weighted by Gasteiger charge is -2.28. The van der Waals surface area contributed by atoms with Crippen molar-refractivity contribution in [2.24, 2.45) is 0 Å². The highest BCUT2D eigenvalue weighted by atomic mass is 35.5. The minimum atomic E-state index is 0. The van der Waals surface area contributed by atoms with Crippen molar-refractivity contribution < 1.29 is 4.79 Å². The molecule has 0 aliphatic carbocycles. The molecule has 6 heteroatoms. The number of carbonyl (C=O) groups is 1. The van der Waals surface area contributed by atoms with Gasteiger partial charge >= 0.3 is 0 Å². The van der Waals surface area contributed by atoms with Gasteiger partial charge in [-0.25, -0.2) is 0 Å². The Morgan fingerprint density at radius 2 is 1.88 bits per heavy atom. The summed E-state index contributed by atoms with van der Waals surface area (Å²) in [6.07, 6.45) is 3.34. The van der Waals surface area contributed by atoms with Crippen LogP contribution in [0.3, 0.4) is 0 Å². The van der Waals surface area contributed by atoms with Crippen LogP contribution < -0.4 is 5.32 Å². The number of aromatic nitrogens is 2. The smallest absolute Gasteiger partial charge is 0.254 e. The molecule has 2 unspecified atom stereocenters. The third kappa shape index (κ3) is 3.64. The van der Waals surface area contributed by atoms with Crippen molar-refractivity contribution in [3.05, 3.63) is 52.8 Å². The summed E-state index contributed by atoms with van der Waals surface area (Å²) in [6.45, 7) is 6.77. The topological polar surface area (TPSA) is 50.2 Å². The van der Waals surface area contributed by atoms with Crippen LogP contribution in [-0.2, 0) is 6.54 Å². The number of hydrogen-bond donors (Lipinski definition) is 1. The van der Waals surface area contributed by atoms with Gasteiger partial charge in [0, 0.05) is 29.9 Å². The quantitative estimate of drug-likeness (QED) is 0.898. The minimum Gasteiger partial charge on any atom is -0.331 e. The van der Waals surface area contributed by atoms with Gasteiger partial charge in [-0.2, -0.15) is 5.10 Å². The lowest BCUT2D eigenvalue weighted by molar-refractivity contribution is 0.0680. The van der Waals surface area contributed by atoms with Crippen molar-refractivity contribution in [1.82, 2.24) is 20.0 Å². The van der Waals surface area contributed by atoms with E-state index >= 15 is 0 Å². The van der Waals surface area contributed by atoms with E-state index in [0.717, 1.165) is 55.8 Å². The predicted octanol–water partition coefficient (Wildman–Crippen LogP) is 2.94. The molecule has 4 rings (SSSR count). The number of halogens is 1. The summed E-state index contributed by atoms with van der Waals surface area (Å²) < 4.78 is 2.01. The van der Waals surface area contributed by atoms with Crippen LogP contribution in [0.2, 0.25) is 0 Å². The number of benzene rings is 1. The second kappa shape index (κ2) is 7.80. The molecule has 2 fully saturated rings. The fraction of sp³-hybridized carbons (Fsp3) is 0.500. The summed E-state index contributed by atoms with van der Waals surface area (Å²) in [4.78, 5) is 15.2. The molecular weight excluding hydrogens is 348 g/mol. The van der Waals surface area contributed by atoms with E-state index in [1.807, 2.05) is 23.7 Å². The van der Waals surface area contributed by atoms with E-state index in [9.17, 15) is 4.79 Å². The number of nitrogens with zero attached hydrogens (tertiary/aromatic N) is 3. The number of nitrogens with one attached hydrogen (secondary N) is 1. The molecule has 3 heterocycles. The molecule has 2 aliphatic heterocycles. The lowest BCUT2D eigenvalue weighted by Crippen LogP contribution is -2.42. The molecule has 26 heavy (non-hydrogen) atoms. The molecule has 2 saturated heterocycles. The average molecular weight is 375 g/mol.